The van der Waals surface area contributed by atoms with Crippen LogP contribution in [0.15, 0.2) is 30.6 Å². The first-order valence-corrected chi connectivity index (χ1v) is 7.21. The van der Waals surface area contributed by atoms with E-state index in [0.717, 1.165) is 31.1 Å². The number of piperidine rings is 1. The SMILES string of the molecule is FC(F)(F)c1cncc2cc(CC3CCCCN3)ccc12. The normalized spacial score (nSPS) is 19.9. The van der Waals surface area contributed by atoms with Gasteiger partial charge in [0, 0.05) is 23.8 Å². The summed E-state index contributed by atoms with van der Waals surface area (Å²) in [7, 11) is 0. The Hall–Kier alpha value is -1.62. The summed E-state index contributed by atoms with van der Waals surface area (Å²) in [5.41, 5.74) is 0.394. The van der Waals surface area contributed by atoms with Crippen LogP contribution in [-0.2, 0) is 12.6 Å². The fourth-order valence-electron chi connectivity index (χ4n) is 2.96. The molecule has 1 aromatic heterocycles. The highest BCUT2D eigenvalue weighted by Crippen LogP contribution is 2.34. The van der Waals surface area contributed by atoms with E-state index in [1.54, 1.807) is 12.1 Å². The number of benzene rings is 1. The van der Waals surface area contributed by atoms with Crippen LogP contribution >= 0.6 is 0 Å². The molecule has 112 valence electrons. The molecule has 0 amide bonds. The van der Waals surface area contributed by atoms with Gasteiger partial charge in [-0.1, -0.05) is 18.6 Å². The molecule has 1 atom stereocenters. The zero-order valence-corrected chi connectivity index (χ0v) is 11.6. The molecule has 0 radical (unpaired) electrons. The van der Waals surface area contributed by atoms with Gasteiger partial charge >= 0.3 is 6.18 Å². The van der Waals surface area contributed by atoms with Crippen LogP contribution in [-0.4, -0.2) is 17.6 Å². The third-order valence-corrected chi connectivity index (χ3v) is 4.02. The number of nitrogens with zero attached hydrogens (tertiary/aromatic N) is 1. The van der Waals surface area contributed by atoms with Gasteiger partial charge in [-0.15, -0.1) is 0 Å². The first-order valence-electron chi connectivity index (χ1n) is 7.21. The van der Waals surface area contributed by atoms with Crippen molar-refractivity contribution in [2.45, 2.75) is 37.9 Å². The fraction of sp³-hybridized carbons (Fsp3) is 0.438. The summed E-state index contributed by atoms with van der Waals surface area (Å²) in [5, 5.41) is 4.23. The van der Waals surface area contributed by atoms with Crippen LogP contribution in [0.2, 0.25) is 0 Å². The Morgan fingerprint density at radius 1 is 1.19 bits per heavy atom. The molecule has 0 bridgehead atoms. The average molecular weight is 294 g/mol. The maximum atomic E-state index is 12.9. The van der Waals surface area contributed by atoms with Crippen LogP contribution in [0, 0.1) is 0 Å². The summed E-state index contributed by atoms with van der Waals surface area (Å²) in [4.78, 5) is 3.73. The van der Waals surface area contributed by atoms with E-state index in [4.69, 9.17) is 0 Å². The summed E-state index contributed by atoms with van der Waals surface area (Å²) in [5.74, 6) is 0. The second-order valence-electron chi connectivity index (χ2n) is 5.59. The largest absolute Gasteiger partial charge is 0.418 e. The smallest absolute Gasteiger partial charge is 0.314 e. The molecule has 0 aliphatic carbocycles. The molecule has 21 heavy (non-hydrogen) atoms. The van der Waals surface area contributed by atoms with Crippen molar-refractivity contribution in [2.24, 2.45) is 0 Å². The number of alkyl halides is 3. The third kappa shape index (κ3) is 3.18. The molecule has 1 aliphatic rings. The van der Waals surface area contributed by atoms with E-state index < -0.39 is 11.7 Å². The minimum Gasteiger partial charge on any atom is -0.314 e. The number of hydrogen-bond acceptors (Lipinski definition) is 2. The summed E-state index contributed by atoms with van der Waals surface area (Å²) in [6.07, 6.45) is 2.43. The Morgan fingerprint density at radius 2 is 2.05 bits per heavy atom. The van der Waals surface area contributed by atoms with Crippen LogP contribution in [0.3, 0.4) is 0 Å². The topological polar surface area (TPSA) is 24.9 Å². The number of hydrogen-bond donors (Lipinski definition) is 1. The summed E-state index contributed by atoms with van der Waals surface area (Å²) >= 11 is 0. The quantitative estimate of drug-likeness (QED) is 0.907. The zero-order chi connectivity index (χ0) is 14.9. The lowest BCUT2D eigenvalue weighted by atomic mass is 9.96. The van der Waals surface area contributed by atoms with Crippen molar-refractivity contribution < 1.29 is 13.2 Å². The van der Waals surface area contributed by atoms with Crippen molar-refractivity contribution in [3.05, 3.63) is 41.7 Å². The van der Waals surface area contributed by atoms with Crippen LogP contribution in [0.5, 0.6) is 0 Å². The highest BCUT2D eigenvalue weighted by atomic mass is 19.4. The monoisotopic (exact) mass is 294 g/mol. The Bertz CT molecular complexity index is 631. The number of halogens is 3. The Balaban J connectivity index is 1.90. The van der Waals surface area contributed by atoms with E-state index in [9.17, 15) is 13.2 Å². The number of pyridine rings is 1. The van der Waals surface area contributed by atoms with Gasteiger partial charge in [0.15, 0.2) is 0 Å². The van der Waals surface area contributed by atoms with E-state index in [0.29, 0.717) is 11.4 Å². The molecule has 2 heterocycles. The molecule has 3 rings (SSSR count). The van der Waals surface area contributed by atoms with E-state index in [-0.39, 0.29) is 5.39 Å². The zero-order valence-electron chi connectivity index (χ0n) is 11.6. The molecule has 1 aromatic carbocycles. The van der Waals surface area contributed by atoms with Crippen LogP contribution in [0.25, 0.3) is 10.8 Å². The first kappa shape index (κ1) is 14.3. The number of rotatable bonds is 2. The number of nitrogens with one attached hydrogen (secondary N) is 1. The van der Waals surface area contributed by atoms with Crippen LogP contribution in [0.4, 0.5) is 13.2 Å². The molecule has 0 spiro atoms. The summed E-state index contributed by atoms with van der Waals surface area (Å²) in [6, 6.07) is 5.62. The summed E-state index contributed by atoms with van der Waals surface area (Å²) < 4.78 is 38.8. The molecular formula is C16H17F3N2. The average Bonchev–Trinajstić information content (AvgIpc) is 2.46. The van der Waals surface area contributed by atoms with E-state index in [2.05, 4.69) is 10.3 Å². The molecule has 1 aliphatic heterocycles. The molecule has 1 fully saturated rings. The van der Waals surface area contributed by atoms with Crippen molar-refractivity contribution in [1.29, 1.82) is 0 Å². The predicted molar refractivity (Wildman–Crippen MR) is 76.1 cm³/mol. The van der Waals surface area contributed by atoms with Crippen molar-refractivity contribution in [3.63, 3.8) is 0 Å². The van der Waals surface area contributed by atoms with Gasteiger partial charge in [0.25, 0.3) is 0 Å². The maximum absolute atomic E-state index is 12.9. The molecule has 0 saturated carbocycles. The van der Waals surface area contributed by atoms with E-state index in [1.165, 1.54) is 19.0 Å². The van der Waals surface area contributed by atoms with Gasteiger partial charge in [-0.3, -0.25) is 4.98 Å². The molecule has 5 heteroatoms. The standard InChI is InChI=1S/C16H17F3N2/c17-16(18,19)15-10-20-9-12-7-11(4-5-14(12)15)8-13-3-1-2-6-21-13/h4-5,7,9-10,13,21H,1-3,6,8H2. The molecule has 1 N–H and O–H groups in total. The highest BCUT2D eigenvalue weighted by molar-refractivity contribution is 5.85. The predicted octanol–water partition coefficient (Wildman–Crippen LogP) is 3.94. The second-order valence-corrected chi connectivity index (χ2v) is 5.59. The minimum atomic E-state index is -4.36. The molecular weight excluding hydrogens is 277 g/mol. The maximum Gasteiger partial charge on any atom is 0.418 e. The lowest BCUT2D eigenvalue weighted by molar-refractivity contribution is -0.136. The molecule has 2 nitrogen and oxygen atoms in total. The fourth-order valence-corrected chi connectivity index (χ4v) is 2.96. The van der Waals surface area contributed by atoms with Crippen LogP contribution < -0.4 is 5.32 Å². The minimum absolute atomic E-state index is 0.220. The van der Waals surface area contributed by atoms with Gasteiger partial charge in [-0.25, -0.2) is 0 Å². The van der Waals surface area contributed by atoms with E-state index >= 15 is 0 Å². The van der Waals surface area contributed by atoms with Crippen molar-refractivity contribution in [2.75, 3.05) is 6.54 Å². The van der Waals surface area contributed by atoms with Gasteiger partial charge in [-0.2, -0.15) is 13.2 Å². The molecule has 1 unspecified atom stereocenters. The van der Waals surface area contributed by atoms with Crippen molar-refractivity contribution in [3.8, 4) is 0 Å². The van der Waals surface area contributed by atoms with Gasteiger partial charge in [0.2, 0.25) is 0 Å². The number of fused-ring (bicyclic) bond motifs is 1. The highest BCUT2D eigenvalue weighted by Gasteiger charge is 2.32. The van der Waals surface area contributed by atoms with Gasteiger partial charge < -0.3 is 5.32 Å². The van der Waals surface area contributed by atoms with Gasteiger partial charge in [0.1, 0.15) is 0 Å². The number of aromatic nitrogens is 1. The van der Waals surface area contributed by atoms with Crippen molar-refractivity contribution in [1.82, 2.24) is 10.3 Å². The molecule has 2 aromatic rings. The summed E-state index contributed by atoms with van der Waals surface area (Å²) in [6.45, 7) is 1.03. The second kappa shape index (κ2) is 5.64. The van der Waals surface area contributed by atoms with Gasteiger partial charge in [0.05, 0.1) is 5.56 Å². The first-order chi connectivity index (χ1) is 10.0. The Morgan fingerprint density at radius 3 is 2.76 bits per heavy atom. The van der Waals surface area contributed by atoms with Gasteiger partial charge in [-0.05, 0) is 42.8 Å². The van der Waals surface area contributed by atoms with Crippen molar-refractivity contribution >= 4 is 10.8 Å². The van der Waals surface area contributed by atoms with E-state index in [1.807, 2.05) is 6.07 Å². The Labute approximate surface area is 121 Å². The lowest BCUT2D eigenvalue weighted by Gasteiger charge is -2.23. The Kier molecular flexibility index (Phi) is 3.85. The molecule has 1 saturated heterocycles. The lowest BCUT2D eigenvalue weighted by Crippen LogP contribution is -2.35. The van der Waals surface area contributed by atoms with Crippen LogP contribution in [0.1, 0.15) is 30.4 Å². The third-order valence-electron chi connectivity index (χ3n) is 4.02.